The standard InChI is InChI=1S/C20H25N3O2/c1-14-8-10-16(11-9-14)15(2)21-22-20(25)17-5-3-6-18(13-17)23-12-4-7-19(23)24/h3,5-6,8,13,16H,4,7,9-12H2,1-2H3,(H,22,25). The van der Waals surface area contributed by atoms with Crippen LogP contribution in [0, 0.1) is 5.92 Å². The molecule has 1 saturated heterocycles. The van der Waals surface area contributed by atoms with Crippen molar-refractivity contribution in [1.82, 2.24) is 5.43 Å². The van der Waals surface area contributed by atoms with E-state index in [1.54, 1.807) is 23.1 Å². The summed E-state index contributed by atoms with van der Waals surface area (Å²) in [5.74, 6) is 0.278. The normalized spacial score (nSPS) is 21.3. The van der Waals surface area contributed by atoms with E-state index in [4.69, 9.17) is 0 Å². The van der Waals surface area contributed by atoms with Crippen molar-refractivity contribution in [3.05, 3.63) is 41.5 Å². The van der Waals surface area contributed by atoms with Crippen molar-refractivity contribution in [3.63, 3.8) is 0 Å². The Morgan fingerprint density at radius 2 is 2.16 bits per heavy atom. The first-order valence-electron chi connectivity index (χ1n) is 8.95. The molecular formula is C20H25N3O2. The van der Waals surface area contributed by atoms with Gasteiger partial charge >= 0.3 is 0 Å². The van der Waals surface area contributed by atoms with Gasteiger partial charge in [0.05, 0.1) is 0 Å². The van der Waals surface area contributed by atoms with Crippen molar-refractivity contribution in [3.8, 4) is 0 Å². The number of hydrogen-bond acceptors (Lipinski definition) is 3. The molecule has 0 saturated carbocycles. The van der Waals surface area contributed by atoms with E-state index in [0.29, 0.717) is 17.9 Å². The Morgan fingerprint density at radius 1 is 1.32 bits per heavy atom. The van der Waals surface area contributed by atoms with Gasteiger partial charge in [-0.05, 0) is 57.7 Å². The van der Waals surface area contributed by atoms with Crippen molar-refractivity contribution < 1.29 is 9.59 Å². The molecule has 0 bridgehead atoms. The summed E-state index contributed by atoms with van der Waals surface area (Å²) in [6.07, 6.45) is 6.87. The second-order valence-corrected chi connectivity index (χ2v) is 6.92. The maximum Gasteiger partial charge on any atom is 0.271 e. The second-order valence-electron chi connectivity index (χ2n) is 6.92. The molecule has 1 fully saturated rings. The lowest BCUT2D eigenvalue weighted by molar-refractivity contribution is -0.117. The number of hydrogen-bond donors (Lipinski definition) is 1. The third kappa shape index (κ3) is 4.16. The third-order valence-electron chi connectivity index (χ3n) is 5.06. The van der Waals surface area contributed by atoms with Crippen molar-refractivity contribution in [1.29, 1.82) is 0 Å². The van der Waals surface area contributed by atoms with Crippen molar-refractivity contribution in [2.75, 3.05) is 11.4 Å². The van der Waals surface area contributed by atoms with Gasteiger partial charge in [0.15, 0.2) is 0 Å². The van der Waals surface area contributed by atoms with E-state index >= 15 is 0 Å². The Hall–Kier alpha value is -2.43. The average molecular weight is 339 g/mol. The fourth-order valence-corrected chi connectivity index (χ4v) is 3.38. The molecule has 5 nitrogen and oxygen atoms in total. The molecule has 0 aromatic heterocycles. The van der Waals surface area contributed by atoms with E-state index in [-0.39, 0.29) is 11.8 Å². The van der Waals surface area contributed by atoms with Crippen LogP contribution < -0.4 is 10.3 Å². The number of carbonyl (C=O) groups is 2. The molecule has 5 heteroatoms. The average Bonchev–Trinajstić information content (AvgIpc) is 3.06. The van der Waals surface area contributed by atoms with Gasteiger partial charge in [0.25, 0.3) is 5.91 Å². The Morgan fingerprint density at radius 3 is 2.84 bits per heavy atom. The monoisotopic (exact) mass is 339 g/mol. The molecule has 2 amide bonds. The quantitative estimate of drug-likeness (QED) is 0.517. The Kier molecular flexibility index (Phi) is 5.31. The van der Waals surface area contributed by atoms with Gasteiger partial charge in [-0.1, -0.05) is 17.7 Å². The molecule has 0 spiro atoms. The molecule has 1 heterocycles. The van der Waals surface area contributed by atoms with Crippen LogP contribution in [-0.4, -0.2) is 24.1 Å². The lowest BCUT2D eigenvalue weighted by Gasteiger charge is -2.20. The van der Waals surface area contributed by atoms with Gasteiger partial charge in [0.1, 0.15) is 0 Å². The number of benzene rings is 1. The molecule has 132 valence electrons. The van der Waals surface area contributed by atoms with Crippen molar-refractivity contribution in [2.24, 2.45) is 11.0 Å². The Labute approximate surface area is 148 Å². The lowest BCUT2D eigenvalue weighted by Crippen LogP contribution is -2.25. The molecule has 1 aromatic carbocycles. The largest absolute Gasteiger partial charge is 0.312 e. The summed E-state index contributed by atoms with van der Waals surface area (Å²) in [5.41, 5.74) is 6.36. The maximum atomic E-state index is 12.4. The fraction of sp³-hybridized carbons (Fsp3) is 0.450. The first-order valence-corrected chi connectivity index (χ1v) is 8.95. The number of carbonyl (C=O) groups excluding carboxylic acids is 2. The van der Waals surface area contributed by atoms with E-state index in [9.17, 15) is 9.59 Å². The van der Waals surface area contributed by atoms with Crippen LogP contribution in [0.15, 0.2) is 41.0 Å². The summed E-state index contributed by atoms with van der Waals surface area (Å²) in [7, 11) is 0. The van der Waals surface area contributed by atoms with E-state index in [1.807, 2.05) is 13.0 Å². The first kappa shape index (κ1) is 17.4. The van der Waals surface area contributed by atoms with Gasteiger partial charge in [0.2, 0.25) is 5.91 Å². The number of nitrogens with one attached hydrogen (secondary N) is 1. The number of amides is 2. The van der Waals surface area contributed by atoms with Crippen LogP contribution in [0.3, 0.4) is 0 Å². The number of rotatable bonds is 4. The van der Waals surface area contributed by atoms with Gasteiger partial charge < -0.3 is 4.90 Å². The second kappa shape index (κ2) is 7.64. The van der Waals surface area contributed by atoms with Crippen LogP contribution in [0.25, 0.3) is 0 Å². The van der Waals surface area contributed by atoms with Crippen LogP contribution in [0.5, 0.6) is 0 Å². The van der Waals surface area contributed by atoms with E-state index in [2.05, 4.69) is 23.5 Å². The highest BCUT2D eigenvalue weighted by atomic mass is 16.2. The molecule has 1 N–H and O–H groups in total. The predicted octanol–water partition coefficient (Wildman–Crippen LogP) is 3.67. The minimum atomic E-state index is -0.240. The molecule has 3 rings (SSSR count). The highest BCUT2D eigenvalue weighted by Crippen LogP contribution is 2.24. The minimum Gasteiger partial charge on any atom is -0.312 e. The molecule has 1 atom stereocenters. The Balaban J connectivity index is 1.65. The minimum absolute atomic E-state index is 0.118. The molecule has 2 aliphatic rings. The first-order chi connectivity index (χ1) is 12.0. The number of nitrogens with zero attached hydrogens (tertiary/aromatic N) is 2. The van der Waals surface area contributed by atoms with Crippen LogP contribution in [0.1, 0.15) is 56.3 Å². The zero-order chi connectivity index (χ0) is 17.8. The SMILES string of the molecule is CC1=CCC(C(C)=NNC(=O)c2cccc(N3CCCC3=O)c2)CC1. The third-order valence-corrected chi connectivity index (χ3v) is 5.06. The van der Waals surface area contributed by atoms with Gasteiger partial charge in [-0.3, -0.25) is 9.59 Å². The predicted molar refractivity (Wildman–Crippen MR) is 99.7 cm³/mol. The van der Waals surface area contributed by atoms with E-state index in [1.165, 1.54) is 5.57 Å². The topological polar surface area (TPSA) is 61.8 Å². The highest BCUT2D eigenvalue weighted by Gasteiger charge is 2.22. The zero-order valence-corrected chi connectivity index (χ0v) is 14.9. The van der Waals surface area contributed by atoms with Crippen molar-refractivity contribution >= 4 is 23.2 Å². The zero-order valence-electron chi connectivity index (χ0n) is 14.9. The lowest BCUT2D eigenvalue weighted by atomic mass is 9.87. The Bertz CT molecular complexity index is 736. The smallest absolute Gasteiger partial charge is 0.271 e. The summed E-state index contributed by atoms with van der Waals surface area (Å²) in [6, 6.07) is 7.18. The summed E-state index contributed by atoms with van der Waals surface area (Å²) in [4.78, 5) is 26.0. The molecule has 25 heavy (non-hydrogen) atoms. The van der Waals surface area contributed by atoms with Crippen LogP contribution in [0.2, 0.25) is 0 Å². The number of allylic oxidation sites excluding steroid dienone is 2. The summed E-state index contributed by atoms with van der Waals surface area (Å²) >= 11 is 0. The van der Waals surface area contributed by atoms with Gasteiger partial charge in [0, 0.05) is 35.8 Å². The summed E-state index contributed by atoms with van der Waals surface area (Å²) in [6.45, 7) is 4.84. The van der Waals surface area contributed by atoms with E-state index < -0.39 is 0 Å². The fourth-order valence-electron chi connectivity index (χ4n) is 3.38. The summed E-state index contributed by atoms with van der Waals surface area (Å²) < 4.78 is 0. The molecular weight excluding hydrogens is 314 g/mol. The molecule has 1 aromatic rings. The van der Waals surface area contributed by atoms with E-state index in [0.717, 1.165) is 43.6 Å². The van der Waals surface area contributed by atoms with Gasteiger partial charge in [-0.25, -0.2) is 5.43 Å². The highest BCUT2D eigenvalue weighted by molar-refractivity contribution is 5.99. The number of anilines is 1. The molecule has 0 radical (unpaired) electrons. The van der Waals surface area contributed by atoms with Gasteiger partial charge in [-0.2, -0.15) is 5.10 Å². The van der Waals surface area contributed by atoms with Crippen molar-refractivity contribution in [2.45, 2.75) is 46.0 Å². The van der Waals surface area contributed by atoms with Gasteiger partial charge in [-0.15, -0.1) is 0 Å². The summed E-state index contributed by atoms with van der Waals surface area (Å²) in [5, 5.41) is 4.30. The van der Waals surface area contributed by atoms with Crippen LogP contribution in [-0.2, 0) is 4.79 Å². The molecule has 1 aliphatic heterocycles. The van der Waals surface area contributed by atoms with Crippen LogP contribution >= 0.6 is 0 Å². The molecule has 1 unspecified atom stereocenters. The van der Waals surface area contributed by atoms with Crippen LogP contribution in [0.4, 0.5) is 5.69 Å². The number of hydrazone groups is 1. The maximum absolute atomic E-state index is 12.4. The molecule has 1 aliphatic carbocycles.